The summed E-state index contributed by atoms with van der Waals surface area (Å²) in [5.41, 5.74) is 3.88. The number of likely N-dealkylation sites (tertiary alicyclic amines) is 1. The molecule has 36 heavy (non-hydrogen) atoms. The van der Waals surface area contributed by atoms with E-state index in [4.69, 9.17) is 14.5 Å². The molecule has 0 N–H and O–H groups in total. The van der Waals surface area contributed by atoms with Gasteiger partial charge in [0, 0.05) is 56.5 Å². The van der Waals surface area contributed by atoms with Crippen molar-refractivity contribution in [3.8, 4) is 17.1 Å². The Morgan fingerprint density at radius 2 is 1.92 bits per heavy atom. The van der Waals surface area contributed by atoms with Gasteiger partial charge in [0.1, 0.15) is 12.7 Å². The molecule has 5 rings (SSSR count). The molecule has 0 spiro atoms. The molecule has 0 saturated carbocycles. The summed E-state index contributed by atoms with van der Waals surface area (Å²) in [6, 6.07) is 10.0. The molecule has 1 amide bonds. The molecule has 1 aromatic carbocycles. The van der Waals surface area contributed by atoms with Crippen LogP contribution in [-0.4, -0.2) is 90.2 Å². The number of pyridine rings is 1. The number of fused-ring (bicyclic) bond motifs is 1. The van der Waals surface area contributed by atoms with Crippen LogP contribution in [0.2, 0.25) is 0 Å². The Kier molecular flexibility index (Phi) is 6.39. The Bertz CT molecular complexity index is 1390. The maximum atomic E-state index is 11.9. The van der Waals surface area contributed by atoms with Crippen molar-refractivity contribution in [3.63, 3.8) is 0 Å². The molecule has 0 radical (unpaired) electrons. The van der Waals surface area contributed by atoms with Gasteiger partial charge in [-0.05, 0) is 11.6 Å². The van der Waals surface area contributed by atoms with Gasteiger partial charge in [-0.2, -0.15) is 4.31 Å². The standard InChI is InChI=1S/C25H29N5O5S/c1-17(31)29-15-25(2,16-29)19-6-4-18(5-7-19)21-12-22-23(27-9-8-26-22)24(28-21)35-14-20-13-30(10-11-34-20)36(3,32)33/h4-9,12,20H,10-11,13-16H2,1-3H3. The maximum Gasteiger partial charge on any atom is 0.242 e. The first-order chi connectivity index (χ1) is 17.1. The summed E-state index contributed by atoms with van der Waals surface area (Å²) in [5, 5.41) is 0. The van der Waals surface area contributed by atoms with Gasteiger partial charge in [0.15, 0.2) is 5.52 Å². The molecule has 11 heteroatoms. The largest absolute Gasteiger partial charge is 0.473 e. The van der Waals surface area contributed by atoms with Gasteiger partial charge in [0.05, 0.1) is 24.1 Å². The van der Waals surface area contributed by atoms with Crippen molar-refractivity contribution < 1.29 is 22.7 Å². The van der Waals surface area contributed by atoms with E-state index in [1.165, 1.54) is 16.1 Å². The van der Waals surface area contributed by atoms with Gasteiger partial charge in [0.25, 0.3) is 0 Å². The highest BCUT2D eigenvalue weighted by molar-refractivity contribution is 7.88. The first kappa shape index (κ1) is 24.5. The number of carbonyl (C=O) groups is 1. The van der Waals surface area contributed by atoms with E-state index in [-0.39, 0.29) is 24.5 Å². The second kappa shape index (κ2) is 9.38. The Balaban J connectivity index is 1.37. The number of carbonyl (C=O) groups excluding carboxylic acids is 1. The molecule has 0 bridgehead atoms. The molecular weight excluding hydrogens is 482 g/mol. The van der Waals surface area contributed by atoms with Crippen LogP contribution in [0.1, 0.15) is 19.4 Å². The fraction of sp³-hybridized carbons (Fsp3) is 0.440. The quantitative estimate of drug-likeness (QED) is 0.493. The monoisotopic (exact) mass is 511 g/mol. The molecule has 2 saturated heterocycles. The van der Waals surface area contributed by atoms with E-state index in [9.17, 15) is 13.2 Å². The van der Waals surface area contributed by atoms with E-state index >= 15 is 0 Å². The molecule has 190 valence electrons. The average Bonchev–Trinajstić information content (AvgIpc) is 2.85. The molecule has 2 aliphatic heterocycles. The van der Waals surface area contributed by atoms with E-state index in [0.717, 1.165) is 5.56 Å². The topological polar surface area (TPSA) is 115 Å². The van der Waals surface area contributed by atoms with Crippen LogP contribution in [-0.2, 0) is 25.0 Å². The van der Waals surface area contributed by atoms with Crippen LogP contribution in [0.4, 0.5) is 0 Å². The SMILES string of the molecule is CC(=O)N1CC(C)(c2ccc(-c3cc4nccnc4c(OCC4CN(S(C)(=O)=O)CCO4)n3)cc2)C1. The molecular formula is C25H29N5O5S. The fourth-order valence-electron chi connectivity index (χ4n) is 4.70. The second-order valence-corrected chi connectivity index (χ2v) is 11.7. The molecule has 2 aromatic heterocycles. The number of benzene rings is 1. The van der Waals surface area contributed by atoms with E-state index in [1.807, 2.05) is 23.1 Å². The Morgan fingerprint density at radius 1 is 1.19 bits per heavy atom. The van der Waals surface area contributed by atoms with Crippen LogP contribution in [0.25, 0.3) is 22.3 Å². The summed E-state index contributed by atoms with van der Waals surface area (Å²) in [5.74, 6) is 0.420. The lowest BCUT2D eigenvalue weighted by Crippen LogP contribution is -2.59. The summed E-state index contributed by atoms with van der Waals surface area (Å²) >= 11 is 0. The van der Waals surface area contributed by atoms with Crippen molar-refractivity contribution in [3.05, 3.63) is 48.3 Å². The van der Waals surface area contributed by atoms with Gasteiger partial charge < -0.3 is 14.4 Å². The summed E-state index contributed by atoms with van der Waals surface area (Å²) < 4.78 is 37.0. The van der Waals surface area contributed by atoms with Crippen LogP contribution in [0.3, 0.4) is 0 Å². The summed E-state index contributed by atoms with van der Waals surface area (Å²) in [7, 11) is -3.30. The number of rotatable bonds is 6. The number of hydrogen-bond donors (Lipinski definition) is 0. The first-order valence-corrected chi connectivity index (χ1v) is 13.6. The van der Waals surface area contributed by atoms with Crippen LogP contribution in [0.5, 0.6) is 5.88 Å². The lowest BCUT2D eigenvalue weighted by Gasteiger charge is -2.48. The first-order valence-electron chi connectivity index (χ1n) is 11.8. The lowest BCUT2D eigenvalue weighted by molar-refractivity contribution is -0.136. The smallest absolute Gasteiger partial charge is 0.242 e. The molecule has 3 aromatic rings. The molecule has 4 heterocycles. The predicted molar refractivity (Wildman–Crippen MR) is 134 cm³/mol. The number of morpholine rings is 1. The minimum Gasteiger partial charge on any atom is -0.473 e. The summed E-state index contributed by atoms with van der Waals surface area (Å²) in [6.07, 6.45) is 3.98. The number of ether oxygens (including phenoxy) is 2. The number of nitrogens with zero attached hydrogens (tertiary/aromatic N) is 5. The Hall–Kier alpha value is -3.15. The molecule has 1 atom stereocenters. The third-order valence-electron chi connectivity index (χ3n) is 6.80. The highest BCUT2D eigenvalue weighted by Gasteiger charge is 2.41. The molecule has 0 aliphatic carbocycles. The van der Waals surface area contributed by atoms with Gasteiger partial charge in [-0.15, -0.1) is 0 Å². The zero-order chi connectivity index (χ0) is 25.5. The number of amides is 1. The van der Waals surface area contributed by atoms with Gasteiger partial charge >= 0.3 is 0 Å². The van der Waals surface area contributed by atoms with Crippen LogP contribution >= 0.6 is 0 Å². The second-order valence-electron chi connectivity index (χ2n) is 9.67. The zero-order valence-electron chi connectivity index (χ0n) is 20.5. The fourth-order valence-corrected chi connectivity index (χ4v) is 5.55. The minimum absolute atomic E-state index is 0.0550. The van der Waals surface area contributed by atoms with Gasteiger partial charge in [0.2, 0.25) is 21.8 Å². The number of hydrogen-bond acceptors (Lipinski definition) is 8. The van der Waals surface area contributed by atoms with Gasteiger partial charge in [-0.3, -0.25) is 9.78 Å². The third-order valence-corrected chi connectivity index (χ3v) is 8.07. The van der Waals surface area contributed by atoms with Gasteiger partial charge in [-0.25, -0.2) is 18.4 Å². The molecule has 2 aliphatic rings. The zero-order valence-corrected chi connectivity index (χ0v) is 21.4. The van der Waals surface area contributed by atoms with Crippen LogP contribution < -0.4 is 4.74 Å². The van der Waals surface area contributed by atoms with Crippen molar-refractivity contribution in [2.75, 3.05) is 45.6 Å². The van der Waals surface area contributed by atoms with Crippen LogP contribution in [0.15, 0.2) is 42.7 Å². The number of aromatic nitrogens is 3. The Morgan fingerprint density at radius 3 is 2.61 bits per heavy atom. The average molecular weight is 512 g/mol. The predicted octanol–water partition coefficient (Wildman–Crippen LogP) is 1.85. The van der Waals surface area contributed by atoms with E-state index < -0.39 is 16.1 Å². The molecule has 1 unspecified atom stereocenters. The van der Waals surface area contributed by atoms with E-state index in [0.29, 0.717) is 48.8 Å². The van der Waals surface area contributed by atoms with Crippen molar-refractivity contribution in [2.45, 2.75) is 25.4 Å². The van der Waals surface area contributed by atoms with Crippen molar-refractivity contribution >= 4 is 27.0 Å². The maximum absolute atomic E-state index is 11.9. The van der Waals surface area contributed by atoms with Crippen molar-refractivity contribution in [1.82, 2.24) is 24.2 Å². The van der Waals surface area contributed by atoms with Crippen LogP contribution in [0, 0.1) is 0 Å². The van der Waals surface area contributed by atoms with Gasteiger partial charge in [-0.1, -0.05) is 31.2 Å². The Labute approximate surface area is 210 Å². The summed E-state index contributed by atoms with van der Waals surface area (Å²) in [6.45, 7) is 6.19. The third kappa shape index (κ3) is 4.91. The summed E-state index contributed by atoms with van der Waals surface area (Å²) in [4.78, 5) is 27.0. The minimum atomic E-state index is -3.30. The van der Waals surface area contributed by atoms with E-state index in [2.05, 4.69) is 29.0 Å². The van der Waals surface area contributed by atoms with E-state index in [1.54, 1.807) is 19.3 Å². The van der Waals surface area contributed by atoms with Crippen molar-refractivity contribution in [2.24, 2.45) is 0 Å². The highest BCUT2D eigenvalue weighted by Crippen LogP contribution is 2.35. The van der Waals surface area contributed by atoms with Crippen molar-refractivity contribution in [1.29, 1.82) is 0 Å². The lowest BCUT2D eigenvalue weighted by atomic mass is 9.75. The molecule has 10 nitrogen and oxygen atoms in total. The molecule has 2 fully saturated rings. The highest BCUT2D eigenvalue weighted by atomic mass is 32.2. The normalized spacial score (nSPS) is 20.2. The number of sulfonamides is 1.